The van der Waals surface area contributed by atoms with Crippen LogP contribution in [0.5, 0.6) is 0 Å². The van der Waals surface area contributed by atoms with Gasteiger partial charge in [0.05, 0.1) is 0 Å². The van der Waals surface area contributed by atoms with Crippen LogP contribution in [0.4, 0.5) is 0 Å². The van der Waals surface area contributed by atoms with Crippen molar-refractivity contribution in [1.82, 2.24) is 5.32 Å². The van der Waals surface area contributed by atoms with Crippen LogP contribution < -0.4 is 5.32 Å². The summed E-state index contributed by atoms with van der Waals surface area (Å²) in [5, 5.41) is 3.07. The number of amides is 1. The molecule has 14 heavy (non-hydrogen) atoms. The predicted molar refractivity (Wildman–Crippen MR) is 61.6 cm³/mol. The molecule has 0 aliphatic carbocycles. The third kappa shape index (κ3) is 4.32. The molecule has 1 amide bonds. The molecule has 84 valence electrons. The van der Waals surface area contributed by atoms with E-state index in [1.54, 1.807) is 0 Å². The highest BCUT2D eigenvalue weighted by molar-refractivity contribution is 6.17. The molecule has 0 saturated heterocycles. The molecule has 2 nitrogen and oxygen atoms in total. The highest BCUT2D eigenvalue weighted by atomic mass is 35.5. The van der Waals surface area contributed by atoms with Crippen molar-refractivity contribution in [2.75, 3.05) is 5.88 Å². The fraction of sp³-hybridized carbons (Fsp3) is 0.909. The second-order valence-corrected chi connectivity index (χ2v) is 4.53. The van der Waals surface area contributed by atoms with Crippen LogP contribution in [-0.4, -0.2) is 17.3 Å². The monoisotopic (exact) mass is 219 g/mol. The highest BCUT2D eigenvalue weighted by Crippen LogP contribution is 2.16. The van der Waals surface area contributed by atoms with Gasteiger partial charge in [0.2, 0.25) is 5.91 Å². The normalized spacial score (nSPS) is 17.2. The Morgan fingerprint density at radius 3 is 2.43 bits per heavy atom. The van der Waals surface area contributed by atoms with Crippen LogP contribution in [0.2, 0.25) is 0 Å². The van der Waals surface area contributed by atoms with E-state index in [4.69, 9.17) is 11.6 Å². The van der Waals surface area contributed by atoms with Crippen molar-refractivity contribution < 1.29 is 4.79 Å². The van der Waals surface area contributed by atoms with Crippen LogP contribution >= 0.6 is 11.6 Å². The lowest BCUT2D eigenvalue weighted by Crippen LogP contribution is -2.47. The van der Waals surface area contributed by atoms with Gasteiger partial charge in [0.25, 0.3) is 0 Å². The lowest BCUT2D eigenvalue weighted by molar-refractivity contribution is -0.126. The van der Waals surface area contributed by atoms with E-state index in [0.29, 0.717) is 5.88 Å². The summed E-state index contributed by atoms with van der Waals surface area (Å²) in [6.45, 7) is 8.10. The fourth-order valence-corrected chi connectivity index (χ4v) is 1.56. The molecule has 0 saturated carbocycles. The molecule has 2 atom stereocenters. The zero-order valence-electron chi connectivity index (χ0n) is 9.69. The summed E-state index contributed by atoms with van der Waals surface area (Å²) < 4.78 is 0. The Balaban J connectivity index is 4.23. The van der Waals surface area contributed by atoms with Gasteiger partial charge >= 0.3 is 0 Å². The fourth-order valence-electron chi connectivity index (χ4n) is 1.14. The van der Waals surface area contributed by atoms with E-state index in [9.17, 15) is 4.79 Å². The van der Waals surface area contributed by atoms with Crippen LogP contribution in [0.25, 0.3) is 0 Å². The minimum absolute atomic E-state index is 0.0937. The Kier molecular flexibility index (Phi) is 6.17. The first-order valence-corrected chi connectivity index (χ1v) is 5.90. The van der Waals surface area contributed by atoms with Gasteiger partial charge in [0.15, 0.2) is 0 Å². The van der Waals surface area contributed by atoms with Gasteiger partial charge in [-0.05, 0) is 26.2 Å². The molecule has 2 unspecified atom stereocenters. The second kappa shape index (κ2) is 6.28. The smallest absolute Gasteiger partial charge is 0.223 e. The zero-order chi connectivity index (χ0) is 11.2. The molecular weight excluding hydrogens is 198 g/mol. The Hall–Kier alpha value is -0.240. The molecule has 0 bridgehead atoms. The molecule has 0 heterocycles. The van der Waals surface area contributed by atoms with Crippen molar-refractivity contribution >= 4 is 17.5 Å². The van der Waals surface area contributed by atoms with Crippen LogP contribution in [-0.2, 0) is 4.79 Å². The van der Waals surface area contributed by atoms with Gasteiger partial charge in [-0.3, -0.25) is 4.79 Å². The van der Waals surface area contributed by atoms with E-state index in [-0.39, 0.29) is 17.4 Å². The van der Waals surface area contributed by atoms with E-state index in [2.05, 4.69) is 19.2 Å². The van der Waals surface area contributed by atoms with Gasteiger partial charge in [-0.25, -0.2) is 0 Å². The average molecular weight is 220 g/mol. The molecule has 3 heteroatoms. The highest BCUT2D eigenvalue weighted by Gasteiger charge is 2.25. The number of hydrogen-bond acceptors (Lipinski definition) is 1. The van der Waals surface area contributed by atoms with Crippen LogP contribution in [0.3, 0.4) is 0 Å². The molecule has 0 aliphatic heterocycles. The number of carbonyl (C=O) groups is 1. The van der Waals surface area contributed by atoms with Gasteiger partial charge in [0.1, 0.15) is 0 Å². The quantitative estimate of drug-likeness (QED) is 0.684. The van der Waals surface area contributed by atoms with Crippen molar-refractivity contribution in [2.45, 2.75) is 52.5 Å². The number of halogens is 1. The Morgan fingerprint density at radius 2 is 2.07 bits per heavy atom. The van der Waals surface area contributed by atoms with Crippen LogP contribution in [0.1, 0.15) is 47.0 Å². The molecule has 0 aromatic carbocycles. The molecule has 0 radical (unpaired) electrons. The number of rotatable bonds is 6. The van der Waals surface area contributed by atoms with E-state index in [1.165, 1.54) is 0 Å². The van der Waals surface area contributed by atoms with Crippen molar-refractivity contribution in [2.24, 2.45) is 5.92 Å². The van der Waals surface area contributed by atoms with Crippen molar-refractivity contribution in [3.05, 3.63) is 0 Å². The number of carbonyl (C=O) groups excluding carboxylic acids is 1. The molecule has 0 fully saturated rings. The zero-order valence-corrected chi connectivity index (χ0v) is 10.4. The standard InChI is InChI=1S/C11H22ClNO/c1-5-9(3)10(14)13-11(4,6-2)7-8-12/h9H,5-8H2,1-4H3,(H,13,14). The lowest BCUT2D eigenvalue weighted by atomic mass is 9.94. The summed E-state index contributed by atoms with van der Waals surface area (Å²) >= 11 is 5.71. The third-order valence-corrected chi connectivity index (χ3v) is 3.10. The number of alkyl halides is 1. The Labute approximate surface area is 92.4 Å². The molecule has 0 aliphatic rings. The molecule has 0 rings (SSSR count). The SMILES string of the molecule is CCC(C)C(=O)NC(C)(CC)CCCl. The second-order valence-electron chi connectivity index (χ2n) is 4.15. The van der Waals surface area contributed by atoms with Crippen molar-refractivity contribution in [1.29, 1.82) is 0 Å². The Morgan fingerprint density at radius 1 is 1.50 bits per heavy atom. The summed E-state index contributed by atoms with van der Waals surface area (Å²) in [6, 6.07) is 0. The summed E-state index contributed by atoms with van der Waals surface area (Å²) in [6.07, 6.45) is 2.63. The van der Waals surface area contributed by atoms with E-state index >= 15 is 0 Å². The molecule has 1 N–H and O–H groups in total. The van der Waals surface area contributed by atoms with Gasteiger partial charge < -0.3 is 5.32 Å². The van der Waals surface area contributed by atoms with Gasteiger partial charge in [-0.1, -0.05) is 20.8 Å². The maximum absolute atomic E-state index is 11.7. The third-order valence-electron chi connectivity index (χ3n) is 2.91. The summed E-state index contributed by atoms with van der Waals surface area (Å²) in [5.74, 6) is 0.823. The van der Waals surface area contributed by atoms with Crippen molar-refractivity contribution in [3.63, 3.8) is 0 Å². The van der Waals surface area contributed by atoms with Crippen LogP contribution in [0.15, 0.2) is 0 Å². The predicted octanol–water partition coefficient (Wildman–Crippen LogP) is 2.95. The molecule has 0 aromatic heterocycles. The molecule has 0 spiro atoms. The molecular formula is C11H22ClNO. The van der Waals surface area contributed by atoms with E-state index in [0.717, 1.165) is 19.3 Å². The average Bonchev–Trinajstić information content (AvgIpc) is 2.16. The number of nitrogens with one attached hydrogen (secondary N) is 1. The topological polar surface area (TPSA) is 29.1 Å². The summed E-state index contributed by atoms with van der Waals surface area (Å²) in [7, 11) is 0. The molecule has 0 aromatic rings. The maximum atomic E-state index is 11.7. The van der Waals surface area contributed by atoms with Gasteiger partial charge in [-0.15, -0.1) is 11.6 Å². The first-order valence-electron chi connectivity index (χ1n) is 5.37. The van der Waals surface area contributed by atoms with Crippen molar-refractivity contribution in [3.8, 4) is 0 Å². The largest absolute Gasteiger partial charge is 0.351 e. The summed E-state index contributed by atoms with van der Waals surface area (Å²) in [5.41, 5.74) is -0.137. The van der Waals surface area contributed by atoms with E-state index < -0.39 is 0 Å². The van der Waals surface area contributed by atoms with E-state index in [1.807, 2.05) is 13.8 Å². The first kappa shape index (κ1) is 13.8. The number of hydrogen-bond donors (Lipinski definition) is 1. The Bertz CT molecular complexity index is 184. The summed E-state index contributed by atoms with van der Waals surface area (Å²) in [4.78, 5) is 11.7. The lowest BCUT2D eigenvalue weighted by Gasteiger charge is -2.30. The first-order chi connectivity index (χ1) is 6.49. The maximum Gasteiger partial charge on any atom is 0.223 e. The minimum atomic E-state index is -0.137. The minimum Gasteiger partial charge on any atom is -0.351 e. The van der Waals surface area contributed by atoms with Gasteiger partial charge in [-0.2, -0.15) is 0 Å². The van der Waals surface area contributed by atoms with Gasteiger partial charge in [0, 0.05) is 17.3 Å². The van der Waals surface area contributed by atoms with Crippen LogP contribution in [0, 0.1) is 5.92 Å².